The Balaban J connectivity index is 1.34. The fraction of sp³-hybridized carbons (Fsp3) is 0.364. The largest absolute Gasteiger partial charge is 0.410 e. The van der Waals surface area contributed by atoms with Crippen LogP contribution >= 0.6 is 0 Å². The van der Waals surface area contributed by atoms with Gasteiger partial charge in [0.25, 0.3) is 5.91 Å². The first-order valence-corrected chi connectivity index (χ1v) is 15.2. The van der Waals surface area contributed by atoms with Gasteiger partial charge in [0.05, 0.1) is 6.04 Å². The standard InChI is InChI=1S/C33H41N9O3/c1-5-41(6-2)25-14-16-42(19-25)29-18-23(13-15-35-29)32(43)38-24-10-7-9-22(17-24)27(20-40(3)4)39-31-26-11-8-12-28(45-33(34)44)30(26)36-21-37-31/h7-13,15,17-18,21,25,27H,5-6,14,16,19-20H2,1-4H3,(H2,34,44)(H,38,43)(H,36,37,39). The van der Waals surface area contributed by atoms with E-state index >= 15 is 0 Å². The van der Waals surface area contributed by atoms with E-state index < -0.39 is 6.09 Å². The van der Waals surface area contributed by atoms with E-state index in [1.165, 1.54) is 6.33 Å². The minimum atomic E-state index is -0.914. The minimum absolute atomic E-state index is 0.197. The van der Waals surface area contributed by atoms with Crippen molar-refractivity contribution in [1.82, 2.24) is 24.8 Å². The molecule has 0 radical (unpaired) electrons. The molecule has 1 aliphatic rings. The quantitative estimate of drug-likeness (QED) is 0.211. The highest BCUT2D eigenvalue weighted by Gasteiger charge is 2.27. The van der Waals surface area contributed by atoms with Gasteiger partial charge < -0.3 is 30.9 Å². The normalized spacial score (nSPS) is 15.4. The van der Waals surface area contributed by atoms with E-state index in [-0.39, 0.29) is 17.7 Å². The van der Waals surface area contributed by atoms with E-state index in [0.717, 1.165) is 44.0 Å². The van der Waals surface area contributed by atoms with Crippen molar-refractivity contribution in [3.8, 4) is 5.75 Å². The third-order valence-corrected chi connectivity index (χ3v) is 8.07. The molecule has 4 aromatic rings. The Morgan fingerprint density at radius 3 is 2.62 bits per heavy atom. The first-order chi connectivity index (χ1) is 21.7. The van der Waals surface area contributed by atoms with Gasteiger partial charge in [0.1, 0.15) is 23.5 Å². The fourth-order valence-electron chi connectivity index (χ4n) is 5.89. The van der Waals surface area contributed by atoms with Crippen LogP contribution < -0.4 is 26.0 Å². The molecule has 1 fully saturated rings. The summed E-state index contributed by atoms with van der Waals surface area (Å²) in [6.07, 6.45) is 3.29. The summed E-state index contributed by atoms with van der Waals surface area (Å²) >= 11 is 0. The maximum absolute atomic E-state index is 13.4. The van der Waals surface area contributed by atoms with Crippen LogP contribution in [0, 0.1) is 0 Å². The number of carbonyl (C=O) groups is 2. The van der Waals surface area contributed by atoms with Crippen molar-refractivity contribution in [1.29, 1.82) is 0 Å². The number of anilines is 3. The van der Waals surface area contributed by atoms with E-state index in [2.05, 4.69) is 54.1 Å². The van der Waals surface area contributed by atoms with Crippen LogP contribution in [0.5, 0.6) is 5.75 Å². The van der Waals surface area contributed by atoms with Gasteiger partial charge in [0.15, 0.2) is 5.75 Å². The highest BCUT2D eigenvalue weighted by atomic mass is 16.5. The third-order valence-electron chi connectivity index (χ3n) is 8.07. The van der Waals surface area contributed by atoms with E-state index in [0.29, 0.717) is 40.6 Å². The van der Waals surface area contributed by atoms with Crippen LogP contribution in [-0.2, 0) is 0 Å². The minimum Gasteiger partial charge on any atom is -0.408 e. The number of nitrogens with two attached hydrogens (primary N) is 1. The van der Waals surface area contributed by atoms with Gasteiger partial charge in [-0.05, 0) is 75.6 Å². The summed E-state index contributed by atoms with van der Waals surface area (Å²) in [5.74, 6) is 1.46. The average Bonchev–Trinajstić information content (AvgIpc) is 3.52. The molecule has 0 saturated carbocycles. The highest BCUT2D eigenvalue weighted by Crippen LogP contribution is 2.31. The zero-order chi connectivity index (χ0) is 31.9. The Morgan fingerprint density at radius 2 is 1.87 bits per heavy atom. The zero-order valence-corrected chi connectivity index (χ0v) is 26.2. The number of nitrogens with one attached hydrogen (secondary N) is 2. The van der Waals surface area contributed by atoms with Crippen LogP contribution in [0.4, 0.5) is 22.1 Å². The summed E-state index contributed by atoms with van der Waals surface area (Å²) < 4.78 is 5.15. The molecule has 3 heterocycles. The lowest BCUT2D eigenvalue weighted by Crippen LogP contribution is -2.37. The lowest BCUT2D eigenvalue weighted by atomic mass is 10.0. The summed E-state index contributed by atoms with van der Waals surface area (Å²) in [6, 6.07) is 16.9. The highest BCUT2D eigenvalue weighted by molar-refractivity contribution is 6.04. The maximum atomic E-state index is 13.4. The van der Waals surface area contributed by atoms with Gasteiger partial charge in [-0.1, -0.05) is 32.0 Å². The summed E-state index contributed by atoms with van der Waals surface area (Å²) in [4.78, 5) is 45.0. The smallest absolute Gasteiger partial charge is 0.408 e. The van der Waals surface area contributed by atoms with E-state index in [4.69, 9.17) is 10.5 Å². The summed E-state index contributed by atoms with van der Waals surface area (Å²) in [6.45, 7) is 8.90. The number of amides is 2. The molecule has 5 rings (SSSR count). The number of benzene rings is 2. The first kappa shape index (κ1) is 31.6. The topological polar surface area (TPSA) is 142 Å². The molecule has 0 spiro atoms. The van der Waals surface area contributed by atoms with Gasteiger partial charge >= 0.3 is 6.09 Å². The Kier molecular flexibility index (Phi) is 10.1. The Bertz CT molecular complexity index is 1640. The molecule has 2 aromatic heterocycles. The molecule has 12 heteroatoms. The number of aromatic nitrogens is 3. The number of hydrogen-bond donors (Lipinski definition) is 3. The van der Waals surface area contributed by atoms with Crippen molar-refractivity contribution in [3.63, 3.8) is 0 Å². The van der Waals surface area contributed by atoms with Gasteiger partial charge in [0, 0.05) is 48.5 Å². The molecule has 12 nitrogen and oxygen atoms in total. The number of carbonyl (C=O) groups excluding carboxylic acids is 2. The average molecular weight is 612 g/mol. The number of fused-ring (bicyclic) bond motifs is 1. The molecule has 0 aliphatic carbocycles. The molecule has 45 heavy (non-hydrogen) atoms. The molecule has 4 N–H and O–H groups in total. The lowest BCUT2D eigenvalue weighted by Gasteiger charge is -2.26. The van der Waals surface area contributed by atoms with Crippen LogP contribution in [0.2, 0.25) is 0 Å². The number of rotatable bonds is 12. The van der Waals surface area contributed by atoms with E-state index in [1.807, 2.05) is 50.5 Å². The van der Waals surface area contributed by atoms with Crippen LogP contribution in [0.3, 0.4) is 0 Å². The number of pyridine rings is 1. The predicted octanol–water partition coefficient (Wildman–Crippen LogP) is 4.37. The van der Waals surface area contributed by atoms with Gasteiger partial charge in [-0.25, -0.2) is 19.7 Å². The van der Waals surface area contributed by atoms with Crippen molar-refractivity contribution in [3.05, 3.63) is 78.2 Å². The maximum Gasteiger partial charge on any atom is 0.410 e. The monoisotopic (exact) mass is 611 g/mol. The summed E-state index contributed by atoms with van der Waals surface area (Å²) in [5, 5.41) is 7.27. The number of nitrogens with zero attached hydrogens (tertiary/aromatic N) is 6. The summed E-state index contributed by atoms with van der Waals surface area (Å²) in [5.41, 5.74) is 7.90. The van der Waals surface area contributed by atoms with Gasteiger partial charge in [-0.3, -0.25) is 9.69 Å². The number of ether oxygens (including phenoxy) is 1. The van der Waals surface area contributed by atoms with Crippen molar-refractivity contribution in [2.75, 3.05) is 62.4 Å². The second-order valence-corrected chi connectivity index (χ2v) is 11.3. The third kappa shape index (κ3) is 7.65. The van der Waals surface area contributed by atoms with Crippen molar-refractivity contribution >= 4 is 40.2 Å². The van der Waals surface area contributed by atoms with Crippen molar-refractivity contribution in [2.45, 2.75) is 32.4 Å². The van der Waals surface area contributed by atoms with Gasteiger partial charge in [-0.15, -0.1) is 0 Å². The molecular weight excluding hydrogens is 570 g/mol. The number of hydrogen-bond acceptors (Lipinski definition) is 10. The van der Waals surface area contributed by atoms with E-state index in [1.54, 1.807) is 24.4 Å². The lowest BCUT2D eigenvalue weighted by molar-refractivity contribution is 0.102. The van der Waals surface area contributed by atoms with Gasteiger partial charge in [0.2, 0.25) is 0 Å². The molecular formula is C33H41N9O3. The van der Waals surface area contributed by atoms with Crippen LogP contribution in [0.1, 0.15) is 42.2 Å². The van der Waals surface area contributed by atoms with E-state index in [9.17, 15) is 9.59 Å². The van der Waals surface area contributed by atoms with Gasteiger partial charge in [-0.2, -0.15) is 0 Å². The van der Waals surface area contributed by atoms with Crippen molar-refractivity contribution in [2.24, 2.45) is 5.73 Å². The number of para-hydroxylation sites is 1. The fourth-order valence-corrected chi connectivity index (χ4v) is 5.89. The van der Waals surface area contributed by atoms with Crippen molar-refractivity contribution < 1.29 is 14.3 Å². The molecule has 2 amide bonds. The Labute approximate surface area is 263 Å². The van der Waals surface area contributed by atoms with Crippen LogP contribution in [0.25, 0.3) is 10.9 Å². The second kappa shape index (κ2) is 14.3. The SMILES string of the molecule is CCN(CC)C1CCN(c2cc(C(=O)Nc3cccc(C(CN(C)C)Nc4ncnc5c(OC(N)=O)cccc45)c3)ccn2)C1. The number of primary amides is 1. The zero-order valence-electron chi connectivity index (χ0n) is 26.2. The summed E-state index contributed by atoms with van der Waals surface area (Å²) in [7, 11) is 3.98. The van der Waals surface area contributed by atoms with Crippen LogP contribution in [-0.4, -0.2) is 89.6 Å². The molecule has 1 aliphatic heterocycles. The first-order valence-electron chi connectivity index (χ1n) is 15.2. The molecule has 2 atom stereocenters. The molecule has 0 bridgehead atoms. The molecule has 2 unspecified atom stereocenters. The predicted molar refractivity (Wildman–Crippen MR) is 177 cm³/mol. The second-order valence-electron chi connectivity index (χ2n) is 11.3. The molecule has 236 valence electrons. The Morgan fingerprint density at radius 1 is 1.07 bits per heavy atom. The van der Waals surface area contributed by atoms with Crippen LogP contribution in [0.15, 0.2) is 67.1 Å². The molecule has 1 saturated heterocycles. The number of likely N-dealkylation sites (N-methyl/N-ethyl adjacent to an activating group) is 2. The Hall–Kier alpha value is -4.81. The molecule has 2 aromatic carbocycles.